The van der Waals surface area contributed by atoms with Crippen molar-refractivity contribution in [1.82, 2.24) is 19.7 Å². The normalized spacial score (nSPS) is 11.4. The molecule has 36 heavy (non-hydrogen) atoms. The SMILES string of the molecule is O=C(NCc1cccc(-c2cnc3cc(-c4ccncc4)ccn23)c1)Nc1ccc(C(F)(F)F)cc1. The third kappa shape index (κ3) is 5.05. The highest BCUT2D eigenvalue weighted by Crippen LogP contribution is 2.30. The van der Waals surface area contributed by atoms with Crippen molar-refractivity contribution in [3.8, 4) is 22.4 Å². The Morgan fingerprint density at radius 1 is 0.889 bits per heavy atom. The minimum Gasteiger partial charge on any atom is -0.334 e. The fourth-order valence-corrected chi connectivity index (χ4v) is 3.86. The maximum absolute atomic E-state index is 12.7. The summed E-state index contributed by atoms with van der Waals surface area (Å²) >= 11 is 0. The molecule has 2 N–H and O–H groups in total. The molecule has 0 aliphatic carbocycles. The number of rotatable bonds is 5. The molecule has 0 fully saturated rings. The van der Waals surface area contributed by atoms with E-state index in [2.05, 4.69) is 20.6 Å². The average Bonchev–Trinajstić information content (AvgIpc) is 3.31. The highest BCUT2D eigenvalue weighted by Gasteiger charge is 2.30. The van der Waals surface area contributed by atoms with Gasteiger partial charge in [0.1, 0.15) is 5.65 Å². The van der Waals surface area contributed by atoms with Gasteiger partial charge in [-0.15, -0.1) is 0 Å². The van der Waals surface area contributed by atoms with E-state index in [1.54, 1.807) is 18.6 Å². The van der Waals surface area contributed by atoms with Crippen molar-refractivity contribution in [1.29, 1.82) is 0 Å². The maximum Gasteiger partial charge on any atom is 0.416 e. The number of anilines is 1. The number of benzene rings is 2. The summed E-state index contributed by atoms with van der Waals surface area (Å²) in [4.78, 5) is 20.8. The Kier molecular flexibility index (Phi) is 6.12. The van der Waals surface area contributed by atoms with Crippen molar-refractivity contribution in [3.05, 3.63) is 109 Å². The number of alkyl halides is 3. The fraction of sp³-hybridized carbons (Fsp3) is 0.0741. The monoisotopic (exact) mass is 487 g/mol. The summed E-state index contributed by atoms with van der Waals surface area (Å²) < 4.78 is 40.1. The van der Waals surface area contributed by atoms with Gasteiger partial charge in [0.25, 0.3) is 0 Å². The first kappa shape index (κ1) is 23.1. The smallest absolute Gasteiger partial charge is 0.334 e. The molecule has 9 heteroatoms. The minimum absolute atomic E-state index is 0.239. The minimum atomic E-state index is -4.42. The summed E-state index contributed by atoms with van der Waals surface area (Å²) in [5.74, 6) is 0. The molecule has 0 aliphatic rings. The van der Waals surface area contributed by atoms with Crippen LogP contribution in [0.15, 0.2) is 97.6 Å². The fourth-order valence-electron chi connectivity index (χ4n) is 3.86. The van der Waals surface area contributed by atoms with Crippen LogP contribution in [0.3, 0.4) is 0 Å². The van der Waals surface area contributed by atoms with Crippen LogP contribution in [0.2, 0.25) is 0 Å². The molecule has 180 valence electrons. The topological polar surface area (TPSA) is 71.3 Å². The first-order valence-corrected chi connectivity index (χ1v) is 11.1. The summed E-state index contributed by atoms with van der Waals surface area (Å²) in [5, 5.41) is 5.27. The second-order valence-corrected chi connectivity index (χ2v) is 8.11. The second-order valence-electron chi connectivity index (χ2n) is 8.11. The number of carbonyl (C=O) groups is 1. The molecule has 2 aromatic carbocycles. The average molecular weight is 487 g/mol. The van der Waals surface area contributed by atoms with Crippen molar-refractivity contribution in [2.45, 2.75) is 12.7 Å². The van der Waals surface area contributed by atoms with Gasteiger partial charge in [0, 0.05) is 36.4 Å². The lowest BCUT2D eigenvalue weighted by molar-refractivity contribution is -0.137. The Balaban J connectivity index is 1.27. The van der Waals surface area contributed by atoms with E-state index in [1.165, 1.54) is 12.1 Å². The van der Waals surface area contributed by atoms with Crippen molar-refractivity contribution in [2.24, 2.45) is 0 Å². The van der Waals surface area contributed by atoms with Crippen LogP contribution < -0.4 is 10.6 Å². The zero-order valence-corrected chi connectivity index (χ0v) is 18.8. The summed E-state index contributed by atoms with van der Waals surface area (Å²) in [7, 11) is 0. The number of carbonyl (C=O) groups excluding carboxylic acids is 1. The Bertz CT molecular complexity index is 1510. The maximum atomic E-state index is 12.7. The number of imidazole rings is 1. The van der Waals surface area contributed by atoms with Gasteiger partial charge in [0.15, 0.2) is 0 Å². The van der Waals surface area contributed by atoms with E-state index in [9.17, 15) is 18.0 Å². The molecule has 5 aromatic rings. The zero-order valence-electron chi connectivity index (χ0n) is 18.8. The molecular formula is C27H20F3N5O. The van der Waals surface area contributed by atoms with Gasteiger partial charge in [-0.3, -0.25) is 9.38 Å². The number of pyridine rings is 2. The van der Waals surface area contributed by atoms with E-state index in [0.29, 0.717) is 0 Å². The Morgan fingerprint density at radius 2 is 1.67 bits per heavy atom. The lowest BCUT2D eigenvalue weighted by atomic mass is 10.1. The first-order valence-electron chi connectivity index (χ1n) is 11.1. The van der Waals surface area contributed by atoms with Gasteiger partial charge in [-0.05, 0) is 71.3 Å². The molecule has 0 spiro atoms. The van der Waals surface area contributed by atoms with E-state index in [1.807, 2.05) is 59.1 Å². The molecule has 6 nitrogen and oxygen atoms in total. The van der Waals surface area contributed by atoms with E-state index in [-0.39, 0.29) is 12.2 Å². The van der Waals surface area contributed by atoms with Crippen LogP contribution in [0, 0.1) is 0 Å². The predicted molar refractivity (Wildman–Crippen MR) is 131 cm³/mol. The number of hydrogen-bond acceptors (Lipinski definition) is 3. The first-order chi connectivity index (χ1) is 17.4. The van der Waals surface area contributed by atoms with E-state index >= 15 is 0 Å². The molecule has 0 unspecified atom stereocenters. The Labute approximate surface area is 204 Å². The van der Waals surface area contributed by atoms with Gasteiger partial charge >= 0.3 is 12.2 Å². The number of hydrogen-bond donors (Lipinski definition) is 2. The summed E-state index contributed by atoms with van der Waals surface area (Å²) in [5.41, 5.74) is 5.09. The van der Waals surface area contributed by atoms with Crippen molar-refractivity contribution >= 4 is 17.4 Å². The number of aromatic nitrogens is 3. The zero-order chi connectivity index (χ0) is 25.1. The summed E-state index contributed by atoms with van der Waals surface area (Å²) in [6.07, 6.45) is 2.85. The highest BCUT2D eigenvalue weighted by molar-refractivity contribution is 5.89. The van der Waals surface area contributed by atoms with Gasteiger partial charge in [-0.1, -0.05) is 18.2 Å². The van der Waals surface area contributed by atoms with Gasteiger partial charge in [0.2, 0.25) is 0 Å². The molecule has 0 saturated carbocycles. The number of amides is 2. The number of halogens is 3. The van der Waals surface area contributed by atoms with Crippen LogP contribution in [0.1, 0.15) is 11.1 Å². The third-order valence-electron chi connectivity index (χ3n) is 5.67. The van der Waals surface area contributed by atoms with Crippen molar-refractivity contribution < 1.29 is 18.0 Å². The molecule has 0 atom stereocenters. The van der Waals surface area contributed by atoms with E-state index < -0.39 is 17.8 Å². The second kappa shape index (κ2) is 9.53. The number of urea groups is 1. The van der Waals surface area contributed by atoms with Crippen LogP contribution in [0.25, 0.3) is 28.0 Å². The van der Waals surface area contributed by atoms with Gasteiger partial charge in [-0.25, -0.2) is 9.78 Å². The van der Waals surface area contributed by atoms with Crippen LogP contribution in [-0.4, -0.2) is 20.4 Å². The number of nitrogens with one attached hydrogen (secondary N) is 2. The van der Waals surface area contributed by atoms with E-state index in [4.69, 9.17) is 0 Å². The van der Waals surface area contributed by atoms with Crippen LogP contribution >= 0.6 is 0 Å². The van der Waals surface area contributed by atoms with Gasteiger partial charge in [-0.2, -0.15) is 13.2 Å². The van der Waals surface area contributed by atoms with Crippen LogP contribution in [0.5, 0.6) is 0 Å². The molecule has 5 rings (SSSR count). The summed E-state index contributed by atoms with van der Waals surface area (Å²) in [6, 6.07) is 19.4. The molecule has 3 heterocycles. The van der Waals surface area contributed by atoms with Crippen molar-refractivity contribution in [2.75, 3.05) is 5.32 Å². The van der Waals surface area contributed by atoms with E-state index in [0.717, 1.165) is 45.7 Å². The third-order valence-corrected chi connectivity index (χ3v) is 5.67. The molecule has 0 aliphatic heterocycles. The largest absolute Gasteiger partial charge is 0.416 e. The summed E-state index contributed by atoms with van der Waals surface area (Å²) in [6.45, 7) is 0.239. The molecule has 2 amide bonds. The molecule has 0 bridgehead atoms. The van der Waals surface area contributed by atoms with Crippen LogP contribution in [-0.2, 0) is 12.7 Å². The molecule has 0 saturated heterocycles. The Morgan fingerprint density at radius 3 is 2.42 bits per heavy atom. The number of fused-ring (bicyclic) bond motifs is 1. The lowest BCUT2D eigenvalue weighted by Crippen LogP contribution is -2.28. The highest BCUT2D eigenvalue weighted by atomic mass is 19.4. The number of nitrogens with zero attached hydrogens (tertiary/aromatic N) is 3. The van der Waals surface area contributed by atoms with Crippen molar-refractivity contribution in [3.63, 3.8) is 0 Å². The van der Waals surface area contributed by atoms with Crippen LogP contribution in [0.4, 0.5) is 23.7 Å². The molecule has 3 aromatic heterocycles. The quantitative estimate of drug-likeness (QED) is 0.301. The standard InChI is InChI=1S/C27H20F3N5O/c28-27(29,30)22-4-6-23(7-5-22)34-26(36)33-16-18-2-1-3-21(14-18)24-17-32-25-15-20(10-13-35(24)25)19-8-11-31-12-9-19/h1-15,17H,16H2,(H2,33,34,36). The Hall–Kier alpha value is -4.66. The van der Waals surface area contributed by atoms with Gasteiger partial charge in [0.05, 0.1) is 17.5 Å². The molecular weight excluding hydrogens is 467 g/mol. The molecule has 0 radical (unpaired) electrons. The van der Waals surface area contributed by atoms with Gasteiger partial charge < -0.3 is 10.6 Å². The predicted octanol–water partition coefficient (Wildman–Crippen LogP) is 6.40. The lowest BCUT2D eigenvalue weighted by Gasteiger charge is -2.11.